The van der Waals surface area contributed by atoms with Crippen molar-refractivity contribution in [3.63, 3.8) is 0 Å². The van der Waals surface area contributed by atoms with Crippen LogP contribution in [0.5, 0.6) is 0 Å². The molecule has 0 bridgehead atoms. The Bertz CT molecular complexity index is 1670. The van der Waals surface area contributed by atoms with Crippen molar-refractivity contribution in [2.75, 3.05) is 10.2 Å². The number of amides is 4. The molecule has 5 rings (SSSR count). The number of carbonyl (C=O) groups is 3. The number of anilines is 3. The number of fused-ring (bicyclic) bond motifs is 1. The number of hydrogen-bond acceptors (Lipinski definition) is 7. The number of nitrogens with one attached hydrogen (secondary N) is 2. The lowest BCUT2D eigenvalue weighted by Gasteiger charge is -2.29. The highest BCUT2D eigenvalue weighted by Crippen LogP contribution is 2.38. The highest BCUT2D eigenvalue weighted by molar-refractivity contribution is 6.14. The van der Waals surface area contributed by atoms with Crippen LogP contribution in [0.2, 0.25) is 0 Å². The standard InChI is InChI=1S/C38H46N6O5/c1-37(2,3)48-35(46)44(36(47)49-38(4,5)6)33(39)40-28-21-23-29(24-22-28)43-31-20-14-13-19-30(31)32(27-17-11-8-12-18-27)41-42(34(43)45)25-26-15-9-7-10-16-26/h7,9-10,13-16,19-24,27H,8,11-12,17-18,25H2,1-6H3,(H2,39,40). The molecule has 0 radical (unpaired) electrons. The lowest BCUT2D eigenvalue weighted by molar-refractivity contribution is 0.0146. The molecule has 11 heteroatoms. The Hall–Kier alpha value is -5.19. The molecular weight excluding hydrogens is 620 g/mol. The second kappa shape index (κ2) is 14.5. The molecule has 1 fully saturated rings. The van der Waals surface area contributed by atoms with Crippen LogP contribution in [0.4, 0.5) is 31.4 Å². The first-order chi connectivity index (χ1) is 23.2. The fraction of sp³-hybridized carbons (Fsp3) is 0.395. The van der Waals surface area contributed by atoms with Crippen LogP contribution in [0.25, 0.3) is 0 Å². The van der Waals surface area contributed by atoms with Gasteiger partial charge >= 0.3 is 18.2 Å². The summed E-state index contributed by atoms with van der Waals surface area (Å²) >= 11 is 0. The highest BCUT2D eigenvalue weighted by atomic mass is 16.6. The zero-order chi connectivity index (χ0) is 35.3. The Balaban J connectivity index is 1.46. The van der Waals surface area contributed by atoms with Gasteiger partial charge in [0.2, 0.25) is 5.96 Å². The summed E-state index contributed by atoms with van der Waals surface area (Å²) in [5.74, 6) is -0.302. The summed E-state index contributed by atoms with van der Waals surface area (Å²) in [6, 6.07) is 24.3. The summed E-state index contributed by atoms with van der Waals surface area (Å²) < 4.78 is 10.8. The summed E-state index contributed by atoms with van der Waals surface area (Å²) in [7, 11) is 0. The van der Waals surface area contributed by atoms with E-state index in [1.54, 1.807) is 75.7 Å². The SMILES string of the molecule is CC(C)(C)OC(=O)N(C(=N)Nc1ccc(N2C(=O)N(Cc3ccccc3)N=C(C3CCCCC3)c3ccccc32)cc1)C(=O)OC(C)(C)C. The van der Waals surface area contributed by atoms with Crippen molar-refractivity contribution in [1.29, 1.82) is 5.41 Å². The molecule has 3 aromatic rings. The molecule has 4 amide bonds. The highest BCUT2D eigenvalue weighted by Gasteiger charge is 2.36. The van der Waals surface area contributed by atoms with E-state index in [2.05, 4.69) is 5.32 Å². The number of nitrogens with zero attached hydrogens (tertiary/aromatic N) is 4. The van der Waals surface area contributed by atoms with Crippen molar-refractivity contribution in [3.05, 3.63) is 90.0 Å². The zero-order valence-electron chi connectivity index (χ0n) is 29.2. The number of para-hydroxylation sites is 1. The monoisotopic (exact) mass is 666 g/mol. The normalized spacial score (nSPS) is 15.5. The molecule has 11 nitrogen and oxygen atoms in total. The van der Waals surface area contributed by atoms with Gasteiger partial charge in [-0.1, -0.05) is 67.8 Å². The van der Waals surface area contributed by atoms with E-state index in [0.29, 0.717) is 22.8 Å². The van der Waals surface area contributed by atoms with Gasteiger partial charge in [-0.25, -0.2) is 19.4 Å². The van der Waals surface area contributed by atoms with Gasteiger partial charge in [0.25, 0.3) is 0 Å². The molecular formula is C38H46N6O5. The summed E-state index contributed by atoms with van der Waals surface area (Å²) in [5.41, 5.74) is 2.72. The average Bonchev–Trinajstić information content (AvgIpc) is 3.15. The largest absolute Gasteiger partial charge is 0.443 e. The Morgan fingerprint density at radius 2 is 1.41 bits per heavy atom. The first-order valence-corrected chi connectivity index (χ1v) is 16.8. The zero-order valence-corrected chi connectivity index (χ0v) is 29.2. The van der Waals surface area contributed by atoms with Crippen LogP contribution in [-0.4, -0.2) is 51.0 Å². The van der Waals surface area contributed by atoms with E-state index >= 15 is 0 Å². The summed E-state index contributed by atoms with van der Waals surface area (Å²) in [6.07, 6.45) is 3.42. The molecule has 3 aromatic carbocycles. The summed E-state index contributed by atoms with van der Waals surface area (Å²) in [6.45, 7) is 10.3. The maximum atomic E-state index is 14.5. The molecule has 2 N–H and O–H groups in total. The number of hydrazone groups is 1. The van der Waals surface area contributed by atoms with Crippen molar-refractivity contribution in [1.82, 2.24) is 9.91 Å². The molecule has 1 aliphatic carbocycles. The Morgan fingerprint density at radius 1 is 0.837 bits per heavy atom. The fourth-order valence-corrected chi connectivity index (χ4v) is 5.88. The Labute approximate surface area is 288 Å². The lowest BCUT2D eigenvalue weighted by atomic mass is 9.83. The molecule has 0 unspecified atom stereocenters. The smallest absolute Gasteiger partial charge is 0.427 e. The molecule has 2 aliphatic rings. The van der Waals surface area contributed by atoms with Crippen LogP contribution in [0.3, 0.4) is 0 Å². The predicted molar refractivity (Wildman–Crippen MR) is 191 cm³/mol. The van der Waals surface area contributed by atoms with E-state index in [1.807, 2.05) is 54.6 Å². The van der Waals surface area contributed by atoms with Crippen LogP contribution in [0.1, 0.15) is 84.8 Å². The summed E-state index contributed by atoms with van der Waals surface area (Å²) in [4.78, 5) is 42.7. The quantitative estimate of drug-likeness (QED) is 0.206. The van der Waals surface area contributed by atoms with Crippen LogP contribution >= 0.6 is 0 Å². The van der Waals surface area contributed by atoms with Gasteiger partial charge in [0.05, 0.1) is 23.6 Å². The van der Waals surface area contributed by atoms with Crippen LogP contribution < -0.4 is 10.2 Å². The maximum Gasteiger partial charge on any atom is 0.427 e. The number of urea groups is 1. The first-order valence-electron chi connectivity index (χ1n) is 16.8. The minimum absolute atomic E-state index is 0.247. The van der Waals surface area contributed by atoms with E-state index < -0.39 is 29.3 Å². The fourth-order valence-electron chi connectivity index (χ4n) is 5.88. The Morgan fingerprint density at radius 3 is 2.00 bits per heavy atom. The van der Waals surface area contributed by atoms with E-state index in [9.17, 15) is 14.4 Å². The van der Waals surface area contributed by atoms with Gasteiger partial charge in [-0.05, 0) is 90.3 Å². The first kappa shape index (κ1) is 35.1. The van der Waals surface area contributed by atoms with E-state index in [1.165, 1.54) is 6.42 Å². The van der Waals surface area contributed by atoms with Gasteiger partial charge < -0.3 is 14.8 Å². The van der Waals surface area contributed by atoms with Gasteiger partial charge in [0, 0.05) is 17.2 Å². The molecule has 0 atom stereocenters. The molecule has 1 aliphatic heterocycles. The third-order valence-electron chi connectivity index (χ3n) is 7.99. The van der Waals surface area contributed by atoms with Gasteiger partial charge in [0.1, 0.15) is 11.2 Å². The maximum absolute atomic E-state index is 14.5. The molecule has 0 saturated heterocycles. The van der Waals surface area contributed by atoms with Gasteiger partial charge in [-0.3, -0.25) is 10.3 Å². The van der Waals surface area contributed by atoms with Crippen LogP contribution in [0, 0.1) is 11.3 Å². The number of imide groups is 1. The minimum Gasteiger partial charge on any atom is -0.443 e. The molecule has 49 heavy (non-hydrogen) atoms. The van der Waals surface area contributed by atoms with Crippen molar-refractivity contribution >= 4 is 47.0 Å². The van der Waals surface area contributed by atoms with Crippen molar-refractivity contribution in [3.8, 4) is 0 Å². The third-order valence-corrected chi connectivity index (χ3v) is 7.99. The number of carbonyl (C=O) groups excluding carboxylic acids is 3. The topological polar surface area (TPSA) is 128 Å². The molecule has 258 valence electrons. The third kappa shape index (κ3) is 8.84. The van der Waals surface area contributed by atoms with E-state index in [-0.39, 0.29) is 11.9 Å². The average molecular weight is 667 g/mol. The number of hydrogen-bond donors (Lipinski definition) is 2. The molecule has 1 saturated carbocycles. The van der Waals surface area contributed by atoms with Gasteiger partial charge in [0.15, 0.2) is 0 Å². The molecule has 1 heterocycles. The molecule has 0 spiro atoms. The Kier molecular flexibility index (Phi) is 10.4. The van der Waals surface area contributed by atoms with Crippen molar-refractivity contribution in [2.24, 2.45) is 11.0 Å². The van der Waals surface area contributed by atoms with Crippen LogP contribution in [0.15, 0.2) is 84.0 Å². The number of ether oxygens (including phenoxy) is 2. The van der Waals surface area contributed by atoms with Crippen molar-refractivity contribution < 1.29 is 23.9 Å². The lowest BCUT2D eigenvalue weighted by Crippen LogP contribution is -2.49. The second-order valence-corrected chi connectivity index (χ2v) is 14.3. The number of rotatable bonds is 5. The number of guanidine groups is 1. The van der Waals surface area contributed by atoms with Crippen molar-refractivity contribution in [2.45, 2.75) is 91.4 Å². The summed E-state index contributed by atoms with van der Waals surface area (Å²) in [5, 5.41) is 18.1. The minimum atomic E-state index is -1.05. The molecule has 0 aromatic heterocycles. The van der Waals surface area contributed by atoms with Crippen LogP contribution in [-0.2, 0) is 16.0 Å². The van der Waals surface area contributed by atoms with E-state index in [4.69, 9.17) is 20.0 Å². The second-order valence-electron chi connectivity index (χ2n) is 14.3. The van der Waals surface area contributed by atoms with E-state index in [0.717, 1.165) is 48.2 Å². The predicted octanol–water partition coefficient (Wildman–Crippen LogP) is 9.26. The van der Waals surface area contributed by atoms with Gasteiger partial charge in [-0.15, -0.1) is 4.90 Å². The number of benzene rings is 3. The van der Waals surface area contributed by atoms with Gasteiger partial charge in [-0.2, -0.15) is 5.10 Å².